The Bertz CT molecular complexity index is 4520. The van der Waals surface area contributed by atoms with Crippen LogP contribution in [0.15, 0.2) is 231 Å². The van der Waals surface area contributed by atoms with Gasteiger partial charge in [-0.2, -0.15) is 0 Å². The summed E-state index contributed by atoms with van der Waals surface area (Å²) in [5.74, 6) is 0. The number of rotatable bonds is 8. The third-order valence-corrected chi connectivity index (χ3v) is 22.0. The van der Waals surface area contributed by atoms with Gasteiger partial charge in [-0.1, -0.05) is 218 Å². The summed E-state index contributed by atoms with van der Waals surface area (Å²) in [5, 5.41) is 5.94. The number of fused-ring (bicyclic) bond motifs is 6. The maximum Gasteiger partial charge on any atom is 0.494 e. The van der Waals surface area contributed by atoms with Gasteiger partial charge in [-0.3, -0.25) is 0 Å². The molecule has 90 heavy (non-hydrogen) atoms. The molecule has 0 spiro atoms. The van der Waals surface area contributed by atoms with Crippen LogP contribution in [0.1, 0.15) is 83.1 Å². The first kappa shape index (κ1) is 61.7. The first-order valence-electron chi connectivity index (χ1n) is 31.1. The molecule has 0 saturated carbocycles. The molecule has 0 unspecified atom stereocenters. The second-order valence-corrected chi connectivity index (χ2v) is 29.3. The summed E-state index contributed by atoms with van der Waals surface area (Å²) >= 11 is 10.3. The second-order valence-electron chi connectivity index (χ2n) is 26.8. The molecule has 10 aromatic carbocycles. The number of thiophene rings is 2. The SMILES string of the molecule is CC1(C)OB(B2OC(C)(C)C(C)(C)O2)OC1(C)C.CC1(C)OB(c2cc(-c3ccccc3)cc(-c3cccc4c3sc3c(-c5ccccc5)cccc34)c2)OC1(C)C.Clc1cc(-c2ccccc2)cc(-c2cccc3c2sc2c(-c4ccccc4)cccc23)c1. The zero-order chi connectivity index (χ0) is 63.0. The molecule has 0 bridgehead atoms. The Morgan fingerprint density at radius 1 is 0.267 bits per heavy atom. The van der Waals surface area contributed by atoms with Crippen molar-refractivity contribution in [2.24, 2.45) is 0 Å². The second kappa shape index (κ2) is 23.8. The van der Waals surface area contributed by atoms with Crippen LogP contribution in [0.5, 0.6) is 0 Å². The van der Waals surface area contributed by atoms with E-state index in [2.05, 4.69) is 246 Å². The Kier molecular flexibility index (Phi) is 16.4. The van der Waals surface area contributed by atoms with Gasteiger partial charge in [0, 0.05) is 45.4 Å². The van der Waals surface area contributed by atoms with Gasteiger partial charge in [0.15, 0.2) is 0 Å². The van der Waals surface area contributed by atoms with E-state index in [0.717, 1.165) is 27.2 Å². The molecule has 3 saturated heterocycles. The minimum absolute atomic E-state index is 0.360. The van der Waals surface area contributed by atoms with E-state index < -0.39 is 32.3 Å². The fourth-order valence-corrected chi connectivity index (χ4v) is 15.0. The topological polar surface area (TPSA) is 55.4 Å². The molecular weight excluding hydrogens is 1160 g/mol. The van der Waals surface area contributed by atoms with Gasteiger partial charge >= 0.3 is 21.1 Å². The van der Waals surface area contributed by atoms with Crippen LogP contribution in [0.4, 0.5) is 0 Å². The minimum Gasteiger partial charge on any atom is -0.405 e. The van der Waals surface area contributed by atoms with Crippen LogP contribution < -0.4 is 5.46 Å². The molecule has 0 N–H and O–H groups in total. The standard InChI is InChI=1S/C36H31BO2S.C30H19ClS.C12H24B2O4/c1-35(2)36(3,4)39-37(38-35)28-22-26(24-13-7-5-8-14-24)21-27(23-28)30-18-12-20-32-31-19-11-17-29(33(31)40-34(30)32)25-15-9-6-10-16-25;31-24-18-22(20-9-3-1-4-10-20)17-23(19-24)26-14-8-16-28-27-15-7-13-25(29(27)32-30(26)28)21-11-5-2-6-12-21;1-9(2)10(3,4)16-13(15-9)14-17-11(5,6)12(7,8)18-14/h5-23H,1-4H3;1-19H;1-8H3. The zero-order valence-electron chi connectivity index (χ0n) is 53.3. The molecule has 3 aliphatic rings. The van der Waals surface area contributed by atoms with Gasteiger partial charge in [0.25, 0.3) is 0 Å². The molecular formula is C78H74B3ClO6S2. The molecule has 15 rings (SSSR count). The van der Waals surface area contributed by atoms with E-state index >= 15 is 0 Å². The molecule has 0 atom stereocenters. The molecule has 450 valence electrons. The number of halogens is 1. The average Bonchev–Trinajstić information content (AvgIpc) is 1.62. The van der Waals surface area contributed by atoms with Crippen LogP contribution in [-0.4, -0.2) is 54.7 Å². The summed E-state index contributed by atoms with van der Waals surface area (Å²) in [7, 11) is -1.38. The predicted molar refractivity (Wildman–Crippen MR) is 384 cm³/mol. The van der Waals surface area contributed by atoms with E-state index in [-0.39, 0.29) is 22.4 Å². The van der Waals surface area contributed by atoms with Gasteiger partial charge in [-0.15, -0.1) is 22.7 Å². The fraction of sp³-hybridized carbons (Fsp3) is 0.231. The fourth-order valence-electron chi connectivity index (χ4n) is 12.0. The number of benzene rings is 10. The van der Waals surface area contributed by atoms with Gasteiger partial charge in [0.2, 0.25) is 0 Å². The van der Waals surface area contributed by atoms with E-state index in [1.807, 2.05) is 90.2 Å². The predicted octanol–water partition coefficient (Wildman–Crippen LogP) is 21.3. The van der Waals surface area contributed by atoms with Crippen molar-refractivity contribution in [3.8, 4) is 66.8 Å². The maximum absolute atomic E-state index is 6.59. The summed E-state index contributed by atoms with van der Waals surface area (Å²) in [6.07, 6.45) is 0. The van der Waals surface area contributed by atoms with Crippen molar-refractivity contribution in [1.82, 2.24) is 0 Å². The first-order chi connectivity index (χ1) is 43.0. The minimum atomic E-state index is -0.476. The quantitative estimate of drug-likeness (QED) is 0.141. The molecule has 3 aliphatic heterocycles. The maximum atomic E-state index is 6.59. The highest BCUT2D eigenvalue weighted by atomic mass is 35.5. The van der Waals surface area contributed by atoms with Crippen LogP contribution in [0.2, 0.25) is 5.02 Å². The normalized spacial score (nSPS) is 17.6. The van der Waals surface area contributed by atoms with E-state index in [0.29, 0.717) is 0 Å². The number of hydrogen-bond acceptors (Lipinski definition) is 8. The van der Waals surface area contributed by atoms with E-state index in [9.17, 15) is 0 Å². The van der Waals surface area contributed by atoms with Gasteiger partial charge in [0.1, 0.15) is 0 Å². The summed E-state index contributed by atoms with van der Waals surface area (Å²) < 4.78 is 42.1. The molecule has 2 aromatic heterocycles. The van der Waals surface area contributed by atoms with Crippen LogP contribution in [-0.2, 0) is 27.9 Å². The molecule has 12 aromatic rings. The van der Waals surface area contributed by atoms with Crippen molar-refractivity contribution in [3.63, 3.8) is 0 Å². The highest BCUT2D eigenvalue weighted by Gasteiger charge is 2.64. The highest BCUT2D eigenvalue weighted by Crippen LogP contribution is 2.48. The molecule has 3 fully saturated rings. The molecule has 0 radical (unpaired) electrons. The molecule has 12 heteroatoms. The van der Waals surface area contributed by atoms with Crippen molar-refractivity contribution >= 4 is 101 Å². The molecule has 5 heterocycles. The van der Waals surface area contributed by atoms with Crippen molar-refractivity contribution in [2.45, 2.75) is 117 Å². The van der Waals surface area contributed by atoms with E-state index in [4.69, 9.17) is 39.5 Å². The third kappa shape index (κ3) is 11.7. The highest BCUT2D eigenvalue weighted by molar-refractivity contribution is 7.27. The van der Waals surface area contributed by atoms with E-state index in [1.165, 1.54) is 90.4 Å². The van der Waals surface area contributed by atoms with Crippen molar-refractivity contribution < 1.29 is 27.9 Å². The smallest absolute Gasteiger partial charge is 0.405 e. The Morgan fingerprint density at radius 3 is 0.878 bits per heavy atom. The summed E-state index contributed by atoms with van der Waals surface area (Å²) in [6.45, 7) is 24.6. The lowest BCUT2D eigenvalue weighted by atomic mass is 9.49. The van der Waals surface area contributed by atoms with Gasteiger partial charge in [0.05, 0.1) is 33.6 Å². The molecule has 0 amide bonds. The van der Waals surface area contributed by atoms with Crippen molar-refractivity contribution in [3.05, 3.63) is 236 Å². The zero-order valence-corrected chi connectivity index (χ0v) is 55.7. The Hall–Kier alpha value is -7.12. The van der Waals surface area contributed by atoms with E-state index in [1.54, 1.807) is 0 Å². The summed E-state index contributed by atoms with van der Waals surface area (Å²) in [4.78, 5) is 0. The lowest BCUT2D eigenvalue weighted by Crippen LogP contribution is -2.41. The van der Waals surface area contributed by atoms with Crippen LogP contribution >= 0.6 is 34.3 Å². The third-order valence-electron chi connectivity index (χ3n) is 19.2. The lowest BCUT2D eigenvalue weighted by Gasteiger charge is -2.32. The Labute approximate surface area is 544 Å². The van der Waals surface area contributed by atoms with Crippen LogP contribution in [0.25, 0.3) is 107 Å². The number of hydrogen-bond donors (Lipinski definition) is 0. The van der Waals surface area contributed by atoms with Crippen molar-refractivity contribution in [1.29, 1.82) is 0 Å². The largest absolute Gasteiger partial charge is 0.494 e. The Morgan fingerprint density at radius 2 is 0.533 bits per heavy atom. The van der Waals surface area contributed by atoms with Gasteiger partial charge < -0.3 is 27.9 Å². The van der Waals surface area contributed by atoms with Crippen LogP contribution in [0.3, 0.4) is 0 Å². The van der Waals surface area contributed by atoms with Crippen molar-refractivity contribution in [2.75, 3.05) is 0 Å². The monoisotopic (exact) mass is 1240 g/mol. The molecule has 0 aliphatic carbocycles. The average molecular weight is 1240 g/mol. The lowest BCUT2D eigenvalue weighted by molar-refractivity contribution is 0.00578. The first-order valence-corrected chi connectivity index (χ1v) is 33.1. The van der Waals surface area contributed by atoms with Gasteiger partial charge in [-0.05, 0) is 180 Å². The Balaban J connectivity index is 0.000000133. The summed E-state index contributed by atoms with van der Waals surface area (Å²) in [6, 6.07) is 82.0. The molecule has 6 nitrogen and oxygen atoms in total. The summed E-state index contributed by atoms with van der Waals surface area (Å²) in [5.41, 5.74) is 13.3. The van der Waals surface area contributed by atoms with Crippen LogP contribution in [0, 0.1) is 0 Å². The van der Waals surface area contributed by atoms with Gasteiger partial charge in [-0.25, -0.2) is 0 Å².